The Morgan fingerprint density at radius 1 is 0.880 bits per heavy atom. The molecule has 0 unspecified atom stereocenters. The van der Waals surface area contributed by atoms with Gasteiger partial charge in [0.25, 0.3) is 0 Å². The minimum atomic E-state index is 0.628. The molecule has 0 aliphatic carbocycles. The van der Waals surface area contributed by atoms with Crippen molar-refractivity contribution in [1.82, 2.24) is 9.97 Å². The molecule has 3 rings (SSSR count). The van der Waals surface area contributed by atoms with Crippen molar-refractivity contribution in [3.05, 3.63) is 82.5 Å². The number of hydrogen-bond donors (Lipinski definition) is 2. The molecule has 4 nitrogen and oxygen atoms in total. The summed E-state index contributed by atoms with van der Waals surface area (Å²) in [5, 5.41) is 7.34. The quantitative estimate of drug-likeness (QED) is 0.646. The SMILES string of the molecule is Cc1ccc(CNc2ccnc(NCCc3ccc(Cl)cc3)n2)cc1. The van der Waals surface area contributed by atoms with Gasteiger partial charge < -0.3 is 10.6 Å². The summed E-state index contributed by atoms with van der Waals surface area (Å²) in [6, 6.07) is 18.2. The molecule has 0 saturated carbocycles. The van der Waals surface area contributed by atoms with Crippen LogP contribution < -0.4 is 10.6 Å². The van der Waals surface area contributed by atoms with Gasteiger partial charge in [-0.1, -0.05) is 53.6 Å². The van der Waals surface area contributed by atoms with E-state index in [4.69, 9.17) is 11.6 Å². The molecule has 25 heavy (non-hydrogen) atoms. The van der Waals surface area contributed by atoms with Crippen LogP contribution in [0.1, 0.15) is 16.7 Å². The third-order valence-corrected chi connectivity index (χ3v) is 4.11. The van der Waals surface area contributed by atoms with Crippen LogP contribution in [0.5, 0.6) is 0 Å². The third kappa shape index (κ3) is 5.47. The molecule has 1 heterocycles. The lowest BCUT2D eigenvalue weighted by molar-refractivity contribution is 0.979. The Balaban J connectivity index is 1.50. The maximum absolute atomic E-state index is 5.90. The topological polar surface area (TPSA) is 49.8 Å². The molecule has 0 atom stereocenters. The summed E-state index contributed by atoms with van der Waals surface area (Å²) in [5.41, 5.74) is 3.71. The Morgan fingerprint density at radius 2 is 1.60 bits per heavy atom. The number of aromatic nitrogens is 2. The molecule has 0 spiro atoms. The Bertz CT molecular complexity index is 801. The minimum absolute atomic E-state index is 0.628. The number of hydrogen-bond acceptors (Lipinski definition) is 4. The predicted octanol–water partition coefficient (Wildman–Crippen LogP) is 4.71. The summed E-state index contributed by atoms with van der Waals surface area (Å²) in [6.07, 6.45) is 2.65. The largest absolute Gasteiger partial charge is 0.366 e. The van der Waals surface area contributed by atoms with Crippen LogP contribution in [0.25, 0.3) is 0 Å². The Hall–Kier alpha value is -2.59. The van der Waals surface area contributed by atoms with E-state index in [1.807, 2.05) is 30.3 Å². The van der Waals surface area contributed by atoms with Gasteiger partial charge in [-0.25, -0.2) is 4.98 Å². The predicted molar refractivity (Wildman–Crippen MR) is 104 cm³/mol. The molecule has 2 N–H and O–H groups in total. The number of rotatable bonds is 7. The Kier molecular flexibility index (Phi) is 5.86. The van der Waals surface area contributed by atoms with Gasteiger partial charge in [-0.15, -0.1) is 0 Å². The van der Waals surface area contributed by atoms with E-state index in [2.05, 4.69) is 51.8 Å². The first kappa shape index (κ1) is 17.2. The van der Waals surface area contributed by atoms with E-state index in [0.717, 1.165) is 30.4 Å². The summed E-state index contributed by atoms with van der Waals surface area (Å²) < 4.78 is 0. The maximum Gasteiger partial charge on any atom is 0.224 e. The first-order valence-corrected chi connectivity index (χ1v) is 8.67. The number of nitrogens with zero attached hydrogens (tertiary/aromatic N) is 2. The van der Waals surface area contributed by atoms with Gasteiger partial charge >= 0.3 is 0 Å². The van der Waals surface area contributed by atoms with Crippen molar-refractivity contribution >= 4 is 23.4 Å². The zero-order chi connectivity index (χ0) is 17.5. The van der Waals surface area contributed by atoms with E-state index in [9.17, 15) is 0 Å². The van der Waals surface area contributed by atoms with Crippen LogP contribution in [0.4, 0.5) is 11.8 Å². The first-order valence-electron chi connectivity index (χ1n) is 8.30. The molecule has 0 radical (unpaired) electrons. The van der Waals surface area contributed by atoms with Crippen LogP contribution in [0, 0.1) is 6.92 Å². The van der Waals surface area contributed by atoms with Crippen LogP contribution in [0.15, 0.2) is 60.8 Å². The molecule has 5 heteroatoms. The second kappa shape index (κ2) is 8.49. The monoisotopic (exact) mass is 352 g/mol. The lowest BCUT2D eigenvalue weighted by atomic mass is 10.1. The molecule has 0 bridgehead atoms. The molecular weight excluding hydrogens is 332 g/mol. The van der Waals surface area contributed by atoms with Crippen LogP contribution in [0.3, 0.4) is 0 Å². The number of anilines is 2. The van der Waals surface area contributed by atoms with E-state index < -0.39 is 0 Å². The molecule has 0 fully saturated rings. The van der Waals surface area contributed by atoms with Crippen LogP contribution in [-0.4, -0.2) is 16.5 Å². The van der Waals surface area contributed by atoms with Gasteiger partial charge in [-0.05, 0) is 42.7 Å². The standard InChI is InChI=1S/C20H21ClN4/c1-15-2-4-17(5-3-15)14-24-19-11-13-23-20(25-19)22-12-10-16-6-8-18(21)9-7-16/h2-9,11,13H,10,12,14H2,1H3,(H2,22,23,24,25). The van der Waals surface area contributed by atoms with Gasteiger partial charge in [0.05, 0.1) is 0 Å². The molecule has 0 aliphatic rings. The fourth-order valence-electron chi connectivity index (χ4n) is 2.41. The molecule has 128 valence electrons. The summed E-state index contributed by atoms with van der Waals surface area (Å²) in [6.45, 7) is 3.59. The summed E-state index contributed by atoms with van der Waals surface area (Å²) in [5.74, 6) is 1.44. The lowest BCUT2D eigenvalue weighted by Gasteiger charge is -2.09. The van der Waals surface area contributed by atoms with Gasteiger partial charge in [0.2, 0.25) is 5.95 Å². The molecule has 3 aromatic rings. The highest BCUT2D eigenvalue weighted by Crippen LogP contribution is 2.11. The van der Waals surface area contributed by atoms with E-state index in [0.29, 0.717) is 5.95 Å². The number of halogens is 1. The van der Waals surface area contributed by atoms with Gasteiger partial charge in [0, 0.05) is 24.3 Å². The average molecular weight is 353 g/mol. The Labute approximate surface area is 153 Å². The molecule has 1 aromatic heterocycles. The van der Waals surface area contributed by atoms with E-state index >= 15 is 0 Å². The fraction of sp³-hybridized carbons (Fsp3) is 0.200. The van der Waals surface area contributed by atoms with Crippen LogP contribution >= 0.6 is 11.6 Å². The third-order valence-electron chi connectivity index (χ3n) is 3.86. The second-order valence-electron chi connectivity index (χ2n) is 5.91. The van der Waals surface area contributed by atoms with Crippen molar-refractivity contribution in [3.8, 4) is 0 Å². The molecular formula is C20H21ClN4. The van der Waals surface area contributed by atoms with Gasteiger partial charge in [0.15, 0.2) is 0 Å². The molecule has 2 aromatic carbocycles. The second-order valence-corrected chi connectivity index (χ2v) is 6.34. The maximum atomic E-state index is 5.90. The number of nitrogens with one attached hydrogen (secondary N) is 2. The van der Waals surface area contributed by atoms with Crippen molar-refractivity contribution in [2.24, 2.45) is 0 Å². The normalized spacial score (nSPS) is 10.5. The molecule has 0 aliphatic heterocycles. The molecule has 0 amide bonds. The van der Waals surface area contributed by atoms with E-state index in [-0.39, 0.29) is 0 Å². The highest BCUT2D eigenvalue weighted by atomic mass is 35.5. The van der Waals surface area contributed by atoms with Crippen molar-refractivity contribution in [3.63, 3.8) is 0 Å². The minimum Gasteiger partial charge on any atom is -0.366 e. The highest BCUT2D eigenvalue weighted by Gasteiger charge is 2.00. The number of aryl methyl sites for hydroxylation is 1. The smallest absolute Gasteiger partial charge is 0.224 e. The average Bonchev–Trinajstić information content (AvgIpc) is 2.63. The van der Waals surface area contributed by atoms with E-state index in [1.165, 1.54) is 16.7 Å². The summed E-state index contributed by atoms with van der Waals surface area (Å²) in [4.78, 5) is 8.76. The zero-order valence-electron chi connectivity index (χ0n) is 14.2. The fourth-order valence-corrected chi connectivity index (χ4v) is 2.54. The van der Waals surface area contributed by atoms with Crippen molar-refractivity contribution in [1.29, 1.82) is 0 Å². The van der Waals surface area contributed by atoms with Crippen LogP contribution in [-0.2, 0) is 13.0 Å². The van der Waals surface area contributed by atoms with Crippen LogP contribution in [0.2, 0.25) is 5.02 Å². The van der Waals surface area contributed by atoms with E-state index in [1.54, 1.807) is 6.20 Å². The van der Waals surface area contributed by atoms with Gasteiger partial charge in [-0.3, -0.25) is 0 Å². The highest BCUT2D eigenvalue weighted by molar-refractivity contribution is 6.30. The first-order chi connectivity index (χ1) is 12.2. The summed E-state index contributed by atoms with van der Waals surface area (Å²) >= 11 is 5.90. The zero-order valence-corrected chi connectivity index (χ0v) is 14.9. The van der Waals surface area contributed by atoms with Crippen molar-refractivity contribution in [2.75, 3.05) is 17.2 Å². The van der Waals surface area contributed by atoms with Crippen molar-refractivity contribution < 1.29 is 0 Å². The van der Waals surface area contributed by atoms with Crippen molar-refractivity contribution in [2.45, 2.75) is 19.9 Å². The molecule has 0 saturated heterocycles. The van der Waals surface area contributed by atoms with Gasteiger partial charge in [0.1, 0.15) is 5.82 Å². The van der Waals surface area contributed by atoms with Gasteiger partial charge in [-0.2, -0.15) is 4.98 Å². The number of benzene rings is 2. The lowest BCUT2D eigenvalue weighted by Crippen LogP contribution is -2.09. The Morgan fingerprint density at radius 3 is 2.36 bits per heavy atom. The summed E-state index contributed by atoms with van der Waals surface area (Å²) in [7, 11) is 0.